The topological polar surface area (TPSA) is 58.2 Å². The lowest BCUT2D eigenvalue weighted by Crippen LogP contribution is -2.38. The molecule has 5 heteroatoms. The van der Waals surface area contributed by atoms with E-state index in [1.54, 1.807) is 7.05 Å². The van der Waals surface area contributed by atoms with Gasteiger partial charge in [0.25, 0.3) is 0 Å². The lowest BCUT2D eigenvalue weighted by Gasteiger charge is -2.16. The lowest BCUT2D eigenvalue weighted by molar-refractivity contribution is 0.494. The number of rotatable bonds is 8. The van der Waals surface area contributed by atoms with Crippen LogP contribution in [-0.4, -0.2) is 33.8 Å². The van der Waals surface area contributed by atoms with E-state index in [4.69, 9.17) is 0 Å². The van der Waals surface area contributed by atoms with Crippen molar-refractivity contribution in [1.82, 2.24) is 10.0 Å². The molecule has 0 aromatic rings. The van der Waals surface area contributed by atoms with Crippen LogP contribution in [0.5, 0.6) is 0 Å². The van der Waals surface area contributed by atoms with Gasteiger partial charge < -0.3 is 5.32 Å². The van der Waals surface area contributed by atoms with Crippen molar-refractivity contribution in [3.05, 3.63) is 0 Å². The second-order valence-corrected chi connectivity index (χ2v) is 6.20. The fourth-order valence-corrected chi connectivity index (χ4v) is 2.96. The van der Waals surface area contributed by atoms with Crippen molar-refractivity contribution >= 4 is 10.0 Å². The SMILES string of the molecule is CCC(CC1CC1)NS(=O)(=O)CCNC. The average molecular weight is 234 g/mol. The number of hydrogen-bond donors (Lipinski definition) is 2. The van der Waals surface area contributed by atoms with Gasteiger partial charge in [-0.05, 0) is 25.8 Å². The Labute approximate surface area is 92.9 Å². The highest BCUT2D eigenvalue weighted by Gasteiger charge is 2.26. The van der Waals surface area contributed by atoms with Crippen molar-refractivity contribution in [2.75, 3.05) is 19.3 Å². The molecular weight excluding hydrogens is 212 g/mol. The van der Waals surface area contributed by atoms with Gasteiger partial charge in [-0.2, -0.15) is 0 Å². The molecule has 2 N–H and O–H groups in total. The minimum atomic E-state index is -3.09. The molecule has 0 spiro atoms. The third-order valence-electron chi connectivity index (χ3n) is 2.77. The van der Waals surface area contributed by atoms with Crippen molar-refractivity contribution in [3.8, 4) is 0 Å². The zero-order chi connectivity index (χ0) is 11.3. The van der Waals surface area contributed by atoms with E-state index >= 15 is 0 Å². The molecule has 4 nitrogen and oxygen atoms in total. The first kappa shape index (κ1) is 12.9. The zero-order valence-corrected chi connectivity index (χ0v) is 10.4. The third kappa shape index (κ3) is 5.49. The Hall–Kier alpha value is -0.130. The predicted octanol–water partition coefficient (Wildman–Crippen LogP) is 0.704. The maximum absolute atomic E-state index is 11.6. The number of sulfonamides is 1. The van der Waals surface area contributed by atoms with Crippen LogP contribution in [0.25, 0.3) is 0 Å². The van der Waals surface area contributed by atoms with Crippen molar-refractivity contribution < 1.29 is 8.42 Å². The minimum absolute atomic E-state index is 0.138. The minimum Gasteiger partial charge on any atom is -0.319 e. The van der Waals surface area contributed by atoms with Crippen LogP contribution in [0.2, 0.25) is 0 Å². The highest BCUT2D eigenvalue weighted by Crippen LogP contribution is 2.34. The van der Waals surface area contributed by atoms with Crippen LogP contribution in [0.4, 0.5) is 0 Å². The maximum Gasteiger partial charge on any atom is 0.213 e. The molecule has 1 saturated carbocycles. The van der Waals surface area contributed by atoms with Crippen molar-refractivity contribution in [2.45, 2.75) is 38.6 Å². The molecule has 1 fully saturated rings. The molecule has 1 aliphatic rings. The lowest BCUT2D eigenvalue weighted by atomic mass is 10.1. The maximum atomic E-state index is 11.6. The average Bonchev–Trinajstić information content (AvgIpc) is 2.97. The van der Waals surface area contributed by atoms with E-state index in [1.165, 1.54) is 12.8 Å². The second-order valence-electron chi connectivity index (χ2n) is 4.32. The molecule has 1 aliphatic carbocycles. The molecule has 1 unspecified atom stereocenters. The Balaban J connectivity index is 2.34. The molecule has 0 saturated heterocycles. The normalized spacial score (nSPS) is 19.1. The van der Waals surface area contributed by atoms with Gasteiger partial charge in [-0.25, -0.2) is 13.1 Å². The van der Waals surface area contributed by atoms with Crippen LogP contribution in [-0.2, 0) is 10.0 Å². The van der Waals surface area contributed by atoms with Crippen molar-refractivity contribution in [1.29, 1.82) is 0 Å². The number of hydrogen-bond acceptors (Lipinski definition) is 3. The summed E-state index contributed by atoms with van der Waals surface area (Å²) < 4.78 is 26.0. The first-order chi connectivity index (χ1) is 7.07. The predicted molar refractivity (Wildman–Crippen MR) is 62.3 cm³/mol. The fourth-order valence-electron chi connectivity index (χ4n) is 1.60. The van der Waals surface area contributed by atoms with Crippen LogP contribution in [0.15, 0.2) is 0 Å². The molecule has 0 heterocycles. The summed E-state index contributed by atoms with van der Waals surface area (Å²) in [5, 5.41) is 2.85. The molecule has 1 rings (SSSR count). The van der Waals surface area contributed by atoms with Crippen LogP contribution in [0, 0.1) is 5.92 Å². The van der Waals surface area contributed by atoms with Crippen LogP contribution in [0.3, 0.4) is 0 Å². The van der Waals surface area contributed by atoms with Gasteiger partial charge in [0.1, 0.15) is 0 Å². The van der Waals surface area contributed by atoms with Crippen molar-refractivity contribution in [3.63, 3.8) is 0 Å². The zero-order valence-electron chi connectivity index (χ0n) is 9.62. The summed E-state index contributed by atoms with van der Waals surface area (Å²) in [6.07, 6.45) is 4.44. The molecule has 0 bridgehead atoms. The fraction of sp³-hybridized carbons (Fsp3) is 1.00. The Bertz CT molecular complexity index is 273. The van der Waals surface area contributed by atoms with Gasteiger partial charge in [0, 0.05) is 12.6 Å². The first-order valence-corrected chi connectivity index (χ1v) is 7.37. The quantitative estimate of drug-likeness (QED) is 0.650. The Morgan fingerprint density at radius 2 is 2.07 bits per heavy atom. The molecule has 0 radical (unpaired) electrons. The smallest absolute Gasteiger partial charge is 0.213 e. The molecule has 90 valence electrons. The van der Waals surface area contributed by atoms with E-state index in [0.717, 1.165) is 18.8 Å². The van der Waals surface area contributed by atoms with Gasteiger partial charge in [0.2, 0.25) is 10.0 Å². The van der Waals surface area contributed by atoms with E-state index < -0.39 is 10.0 Å². The first-order valence-electron chi connectivity index (χ1n) is 5.72. The summed E-state index contributed by atoms with van der Waals surface area (Å²) in [6.45, 7) is 2.54. The van der Waals surface area contributed by atoms with Gasteiger partial charge in [-0.15, -0.1) is 0 Å². The molecule has 0 aromatic carbocycles. The van der Waals surface area contributed by atoms with Crippen LogP contribution < -0.4 is 10.0 Å². The molecule has 0 aromatic heterocycles. The van der Waals surface area contributed by atoms with Gasteiger partial charge in [-0.3, -0.25) is 0 Å². The summed E-state index contributed by atoms with van der Waals surface area (Å²) in [5.41, 5.74) is 0. The van der Waals surface area contributed by atoms with Crippen LogP contribution in [0.1, 0.15) is 32.6 Å². The van der Waals surface area contributed by atoms with E-state index in [9.17, 15) is 8.42 Å². The highest BCUT2D eigenvalue weighted by molar-refractivity contribution is 7.89. The third-order valence-corrected chi connectivity index (χ3v) is 4.21. The molecule has 0 amide bonds. The van der Waals surface area contributed by atoms with E-state index in [1.807, 2.05) is 6.92 Å². The summed E-state index contributed by atoms with van der Waals surface area (Å²) >= 11 is 0. The van der Waals surface area contributed by atoms with Crippen molar-refractivity contribution in [2.24, 2.45) is 5.92 Å². The van der Waals surface area contributed by atoms with Gasteiger partial charge >= 0.3 is 0 Å². The summed E-state index contributed by atoms with van der Waals surface area (Å²) in [4.78, 5) is 0. The van der Waals surface area contributed by atoms with Gasteiger partial charge in [0.05, 0.1) is 5.75 Å². The Morgan fingerprint density at radius 1 is 1.40 bits per heavy atom. The second kappa shape index (κ2) is 5.82. The Kier molecular flexibility index (Phi) is 5.02. The van der Waals surface area contributed by atoms with E-state index in [-0.39, 0.29) is 11.8 Å². The monoisotopic (exact) mass is 234 g/mol. The standard InChI is InChI=1S/C10H22N2O2S/c1-3-10(8-9-4-5-9)12-15(13,14)7-6-11-2/h9-12H,3-8H2,1-2H3. The molecule has 15 heavy (non-hydrogen) atoms. The van der Waals surface area contributed by atoms with E-state index in [0.29, 0.717) is 6.54 Å². The van der Waals surface area contributed by atoms with Gasteiger partial charge in [-0.1, -0.05) is 19.8 Å². The van der Waals surface area contributed by atoms with E-state index in [2.05, 4.69) is 10.0 Å². The van der Waals surface area contributed by atoms with Gasteiger partial charge in [0.15, 0.2) is 0 Å². The van der Waals surface area contributed by atoms with Crippen LogP contribution >= 0.6 is 0 Å². The molecule has 1 atom stereocenters. The molecular formula is C10H22N2O2S. The Morgan fingerprint density at radius 3 is 2.53 bits per heavy atom. The number of nitrogens with one attached hydrogen (secondary N) is 2. The highest BCUT2D eigenvalue weighted by atomic mass is 32.2. The summed E-state index contributed by atoms with van der Waals surface area (Å²) in [6, 6.07) is 0.138. The largest absolute Gasteiger partial charge is 0.319 e. The summed E-state index contributed by atoms with van der Waals surface area (Å²) in [7, 11) is -1.32. The summed E-state index contributed by atoms with van der Waals surface area (Å²) in [5.74, 6) is 0.937. The molecule has 0 aliphatic heterocycles.